The SMILES string of the molecule is C=CCN1CC(C(=O)N(CC)CC)C=C2c3cccc4c3c(cn4C(=O)C3CC3)CC21. The first kappa shape index (κ1) is 20.3. The van der Waals surface area contributed by atoms with Crippen LogP contribution in [0, 0.1) is 11.8 Å². The molecular formula is C26H31N3O2. The molecule has 2 unspecified atom stereocenters. The first-order chi connectivity index (χ1) is 15.1. The first-order valence-electron chi connectivity index (χ1n) is 11.6. The van der Waals surface area contributed by atoms with Gasteiger partial charge in [-0.3, -0.25) is 19.1 Å². The molecule has 2 atom stereocenters. The third-order valence-electron chi connectivity index (χ3n) is 7.16. The highest BCUT2D eigenvalue weighted by molar-refractivity contribution is 6.04. The summed E-state index contributed by atoms with van der Waals surface area (Å²) >= 11 is 0. The van der Waals surface area contributed by atoms with Gasteiger partial charge < -0.3 is 4.90 Å². The Morgan fingerprint density at radius 1 is 1.23 bits per heavy atom. The van der Waals surface area contributed by atoms with Gasteiger partial charge in [0, 0.05) is 49.7 Å². The maximum Gasteiger partial charge on any atom is 0.234 e. The minimum atomic E-state index is -0.155. The van der Waals surface area contributed by atoms with E-state index >= 15 is 0 Å². The fourth-order valence-electron chi connectivity index (χ4n) is 5.43. The van der Waals surface area contributed by atoms with Crippen molar-refractivity contribution in [1.29, 1.82) is 0 Å². The standard InChI is InChI=1S/C26H31N3O2/c1-4-12-28-15-19(25(30)27(5-2)6-3)13-21-20-8-7-9-22-24(20)18(14-23(21)28)16-29(22)26(31)17-10-11-17/h4,7-9,13,16-17,19,23H,1,5-6,10-12,14-15H2,2-3H3. The van der Waals surface area contributed by atoms with Crippen molar-refractivity contribution < 1.29 is 9.59 Å². The van der Waals surface area contributed by atoms with Gasteiger partial charge in [0.05, 0.1) is 11.4 Å². The van der Waals surface area contributed by atoms with Gasteiger partial charge in [-0.25, -0.2) is 0 Å². The van der Waals surface area contributed by atoms with E-state index in [1.165, 1.54) is 22.1 Å². The van der Waals surface area contributed by atoms with Crippen LogP contribution in [-0.2, 0) is 11.2 Å². The highest BCUT2D eigenvalue weighted by Gasteiger charge is 2.39. The summed E-state index contributed by atoms with van der Waals surface area (Å²) in [5.41, 5.74) is 4.66. The first-order valence-corrected chi connectivity index (χ1v) is 11.6. The van der Waals surface area contributed by atoms with Crippen LogP contribution in [0.3, 0.4) is 0 Å². The fourth-order valence-corrected chi connectivity index (χ4v) is 5.43. The van der Waals surface area contributed by atoms with Crippen molar-refractivity contribution >= 4 is 28.3 Å². The quantitative estimate of drug-likeness (QED) is 0.668. The fraction of sp³-hybridized carbons (Fsp3) is 0.462. The van der Waals surface area contributed by atoms with Gasteiger partial charge >= 0.3 is 0 Å². The van der Waals surface area contributed by atoms with Crippen molar-refractivity contribution in [1.82, 2.24) is 14.4 Å². The van der Waals surface area contributed by atoms with Gasteiger partial charge in [0.25, 0.3) is 0 Å². The molecule has 0 bridgehead atoms. The molecule has 1 saturated carbocycles. The normalized spacial score (nSPS) is 22.7. The van der Waals surface area contributed by atoms with Crippen LogP contribution in [-0.4, -0.2) is 58.4 Å². The molecule has 2 heterocycles. The molecule has 5 nitrogen and oxygen atoms in total. The van der Waals surface area contributed by atoms with Gasteiger partial charge in [0.2, 0.25) is 11.8 Å². The minimum Gasteiger partial charge on any atom is -0.343 e. The zero-order valence-electron chi connectivity index (χ0n) is 18.5. The largest absolute Gasteiger partial charge is 0.343 e. The molecule has 2 aliphatic carbocycles. The van der Waals surface area contributed by atoms with Crippen LogP contribution in [0.15, 0.2) is 43.1 Å². The molecule has 5 rings (SSSR count). The van der Waals surface area contributed by atoms with Crippen LogP contribution in [0.1, 0.15) is 42.6 Å². The van der Waals surface area contributed by atoms with E-state index in [9.17, 15) is 9.59 Å². The molecular weight excluding hydrogens is 386 g/mol. The summed E-state index contributed by atoms with van der Waals surface area (Å²) in [5, 5.41) is 1.19. The van der Waals surface area contributed by atoms with E-state index in [2.05, 4.69) is 42.0 Å². The van der Waals surface area contributed by atoms with E-state index in [1.807, 2.05) is 29.4 Å². The third kappa shape index (κ3) is 3.26. The maximum atomic E-state index is 13.2. The second kappa shape index (κ2) is 7.79. The summed E-state index contributed by atoms with van der Waals surface area (Å²) < 4.78 is 1.89. The number of fused-ring (bicyclic) bond motifs is 2. The number of nitrogens with zero attached hydrogens (tertiary/aromatic N) is 3. The molecule has 1 aromatic heterocycles. The van der Waals surface area contributed by atoms with Crippen LogP contribution in [0.2, 0.25) is 0 Å². The van der Waals surface area contributed by atoms with Crippen molar-refractivity contribution in [3.63, 3.8) is 0 Å². The number of carbonyl (C=O) groups is 2. The molecule has 3 aliphatic rings. The van der Waals surface area contributed by atoms with E-state index in [-0.39, 0.29) is 29.7 Å². The Morgan fingerprint density at radius 3 is 2.68 bits per heavy atom. The smallest absolute Gasteiger partial charge is 0.234 e. The number of rotatable bonds is 6. The predicted molar refractivity (Wildman–Crippen MR) is 124 cm³/mol. The molecule has 0 radical (unpaired) electrons. The van der Waals surface area contributed by atoms with Gasteiger partial charge in [-0.2, -0.15) is 0 Å². The number of hydrogen-bond acceptors (Lipinski definition) is 3. The number of amides is 1. The zero-order chi connectivity index (χ0) is 21.7. The Kier molecular flexibility index (Phi) is 5.09. The Morgan fingerprint density at radius 2 is 2.00 bits per heavy atom. The van der Waals surface area contributed by atoms with Crippen molar-refractivity contribution in [2.24, 2.45) is 11.8 Å². The van der Waals surface area contributed by atoms with Crippen LogP contribution in [0.4, 0.5) is 0 Å². The third-order valence-corrected chi connectivity index (χ3v) is 7.16. The number of carbonyl (C=O) groups excluding carboxylic acids is 2. The maximum absolute atomic E-state index is 13.2. The van der Waals surface area contributed by atoms with Crippen molar-refractivity contribution in [3.05, 3.63) is 54.3 Å². The molecule has 5 heteroatoms. The molecule has 1 aliphatic heterocycles. The number of hydrogen-bond donors (Lipinski definition) is 0. The van der Waals surface area contributed by atoms with Gasteiger partial charge in [0.15, 0.2) is 0 Å². The number of benzene rings is 1. The van der Waals surface area contributed by atoms with E-state index in [1.54, 1.807) is 0 Å². The molecule has 162 valence electrons. The number of aromatic nitrogens is 1. The van der Waals surface area contributed by atoms with Crippen LogP contribution < -0.4 is 0 Å². The predicted octanol–water partition coefficient (Wildman–Crippen LogP) is 3.99. The van der Waals surface area contributed by atoms with Gasteiger partial charge in [-0.1, -0.05) is 24.3 Å². The average molecular weight is 418 g/mol. The summed E-state index contributed by atoms with van der Waals surface area (Å²) in [6.07, 6.45) is 9.09. The summed E-state index contributed by atoms with van der Waals surface area (Å²) in [6.45, 7) is 10.9. The minimum absolute atomic E-state index is 0.155. The summed E-state index contributed by atoms with van der Waals surface area (Å²) in [4.78, 5) is 30.5. The molecule has 31 heavy (non-hydrogen) atoms. The lowest BCUT2D eigenvalue weighted by Gasteiger charge is -2.42. The Bertz CT molecular complexity index is 1090. The Hall–Kier alpha value is -2.66. The van der Waals surface area contributed by atoms with Crippen molar-refractivity contribution in [3.8, 4) is 0 Å². The highest BCUT2D eigenvalue weighted by atomic mass is 16.2. The second-order valence-electron chi connectivity index (χ2n) is 9.04. The summed E-state index contributed by atoms with van der Waals surface area (Å²) in [7, 11) is 0. The van der Waals surface area contributed by atoms with E-state index in [0.29, 0.717) is 6.54 Å². The van der Waals surface area contributed by atoms with E-state index in [4.69, 9.17) is 0 Å². The average Bonchev–Trinajstić information content (AvgIpc) is 3.57. The lowest BCUT2D eigenvalue weighted by Crippen LogP contribution is -2.49. The van der Waals surface area contributed by atoms with Crippen molar-refractivity contribution in [2.45, 2.75) is 39.2 Å². The summed E-state index contributed by atoms with van der Waals surface area (Å²) in [5.74, 6) is 0.454. The molecule has 1 aromatic carbocycles. The molecule has 0 saturated heterocycles. The second-order valence-corrected chi connectivity index (χ2v) is 9.04. The van der Waals surface area contributed by atoms with Gasteiger partial charge in [0.1, 0.15) is 0 Å². The topological polar surface area (TPSA) is 45.6 Å². The highest BCUT2D eigenvalue weighted by Crippen LogP contribution is 2.43. The lowest BCUT2D eigenvalue weighted by molar-refractivity contribution is -0.134. The molecule has 1 fully saturated rings. The monoisotopic (exact) mass is 417 g/mol. The van der Waals surface area contributed by atoms with Crippen LogP contribution in [0.25, 0.3) is 16.5 Å². The van der Waals surface area contributed by atoms with Crippen LogP contribution >= 0.6 is 0 Å². The van der Waals surface area contributed by atoms with Crippen molar-refractivity contribution in [2.75, 3.05) is 26.2 Å². The van der Waals surface area contributed by atoms with Gasteiger partial charge in [-0.15, -0.1) is 6.58 Å². The Labute approximate surface area is 184 Å². The van der Waals surface area contributed by atoms with Crippen LogP contribution in [0.5, 0.6) is 0 Å². The molecule has 1 amide bonds. The Balaban J connectivity index is 1.62. The zero-order valence-corrected chi connectivity index (χ0v) is 18.5. The molecule has 0 N–H and O–H groups in total. The lowest BCUT2D eigenvalue weighted by atomic mass is 9.79. The van der Waals surface area contributed by atoms with E-state index < -0.39 is 0 Å². The molecule has 0 spiro atoms. The molecule has 2 aromatic rings. The van der Waals surface area contributed by atoms with Gasteiger partial charge in [-0.05, 0) is 55.9 Å². The summed E-state index contributed by atoms with van der Waals surface area (Å²) in [6, 6.07) is 6.48. The van der Waals surface area contributed by atoms with E-state index in [0.717, 1.165) is 44.4 Å².